The Labute approximate surface area is 203 Å². The highest BCUT2D eigenvalue weighted by atomic mass is 32.1. The van der Waals surface area contributed by atoms with E-state index in [2.05, 4.69) is 67.1 Å². The molecule has 0 unspecified atom stereocenters. The molecule has 1 saturated heterocycles. The van der Waals surface area contributed by atoms with Crippen LogP contribution in [0, 0.1) is 6.92 Å². The molecule has 1 aromatic heterocycles. The number of amidine groups is 1. The molecule has 0 spiro atoms. The predicted octanol–water partition coefficient (Wildman–Crippen LogP) is 6.39. The molecule has 0 bridgehead atoms. The third-order valence-electron chi connectivity index (χ3n) is 5.68. The van der Waals surface area contributed by atoms with Gasteiger partial charge in [0.2, 0.25) is 0 Å². The lowest BCUT2D eigenvalue weighted by Crippen LogP contribution is -2.46. The van der Waals surface area contributed by atoms with Crippen molar-refractivity contribution in [1.82, 2.24) is 10.2 Å². The van der Waals surface area contributed by atoms with Crippen molar-refractivity contribution in [1.29, 1.82) is 0 Å². The van der Waals surface area contributed by atoms with Gasteiger partial charge >= 0.3 is 0 Å². The Kier molecular flexibility index (Phi) is 9.98. The fourth-order valence-corrected chi connectivity index (χ4v) is 5.00. The van der Waals surface area contributed by atoms with Gasteiger partial charge in [0.25, 0.3) is 0 Å². The number of unbranched alkanes of at least 4 members (excludes halogenated alkanes) is 2. The van der Waals surface area contributed by atoms with Gasteiger partial charge in [0, 0.05) is 47.9 Å². The van der Waals surface area contributed by atoms with E-state index in [0.29, 0.717) is 0 Å². The highest BCUT2D eigenvalue weighted by molar-refractivity contribution is 7.12. The number of benzene rings is 1. The number of ether oxygens (including phenoxy) is 1. The Morgan fingerprint density at radius 2 is 2.06 bits per heavy atom. The maximum atomic E-state index is 5.07. The van der Waals surface area contributed by atoms with Crippen LogP contribution in [0.1, 0.15) is 47.1 Å². The normalized spacial score (nSPS) is 15.7. The second-order valence-electron chi connectivity index (χ2n) is 8.23. The van der Waals surface area contributed by atoms with Crippen LogP contribution in [0.25, 0.3) is 0 Å². The van der Waals surface area contributed by atoms with Gasteiger partial charge in [0.1, 0.15) is 11.6 Å². The number of methoxy groups -OCH3 is 1. The highest BCUT2D eigenvalue weighted by Crippen LogP contribution is 2.34. The van der Waals surface area contributed by atoms with Crippen molar-refractivity contribution >= 4 is 22.9 Å². The first-order valence-corrected chi connectivity index (χ1v) is 12.7. The smallest absolute Gasteiger partial charge is 0.137 e. The van der Waals surface area contributed by atoms with Crippen molar-refractivity contribution in [3.8, 4) is 0 Å². The predicted molar refractivity (Wildman–Crippen MR) is 143 cm³/mol. The van der Waals surface area contributed by atoms with Crippen molar-refractivity contribution in [3.05, 3.63) is 87.9 Å². The maximum absolute atomic E-state index is 5.07. The van der Waals surface area contributed by atoms with E-state index in [9.17, 15) is 0 Å². The lowest BCUT2D eigenvalue weighted by Gasteiger charge is -2.30. The zero-order valence-electron chi connectivity index (χ0n) is 20.3. The number of aliphatic imine (C=N–C) groups is 1. The van der Waals surface area contributed by atoms with Crippen LogP contribution in [-0.4, -0.2) is 44.0 Å². The zero-order valence-corrected chi connectivity index (χ0v) is 21.1. The largest absolute Gasteiger partial charge is 0.497 e. The minimum Gasteiger partial charge on any atom is -0.497 e. The quantitative estimate of drug-likeness (QED) is 0.306. The van der Waals surface area contributed by atoms with Crippen LogP contribution >= 0.6 is 11.3 Å². The molecule has 0 amide bonds. The first-order valence-electron chi connectivity index (χ1n) is 11.9. The average molecular weight is 464 g/mol. The number of hydrogen-bond donors (Lipinski definition) is 1. The van der Waals surface area contributed by atoms with E-state index in [1.54, 1.807) is 13.2 Å². The Bertz CT molecular complexity index is 996. The number of para-hydroxylation sites is 1. The number of allylic oxidation sites excluding steroid dienone is 4. The molecule has 4 nitrogen and oxygen atoms in total. The van der Waals surface area contributed by atoms with Crippen LogP contribution in [0.5, 0.6) is 0 Å². The summed E-state index contributed by atoms with van der Waals surface area (Å²) in [5.41, 5.74) is 3.81. The third-order valence-corrected chi connectivity index (χ3v) is 6.73. The molecule has 1 N–H and O–H groups in total. The van der Waals surface area contributed by atoms with Crippen molar-refractivity contribution in [2.75, 3.05) is 33.3 Å². The second-order valence-corrected chi connectivity index (χ2v) is 9.57. The zero-order chi connectivity index (χ0) is 23.5. The molecule has 0 saturated carbocycles. The monoisotopic (exact) mass is 463 g/mol. The summed E-state index contributed by atoms with van der Waals surface area (Å²) in [5, 5.41) is 3.42. The van der Waals surface area contributed by atoms with E-state index in [4.69, 9.17) is 9.73 Å². The van der Waals surface area contributed by atoms with Gasteiger partial charge in [-0.25, -0.2) is 4.99 Å². The van der Waals surface area contributed by atoms with E-state index in [1.165, 1.54) is 39.6 Å². The molecular weight excluding hydrogens is 426 g/mol. The maximum Gasteiger partial charge on any atom is 0.137 e. The molecule has 4 rings (SSSR count). The van der Waals surface area contributed by atoms with Crippen LogP contribution in [0.2, 0.25) is 0 Å². The van der Waals surface area contributed by atoms with Crippen molar-refractivity contribution < 1.29 is 4.74 Å². The molecule has 1 fully saturated rings. The number of fused-ring (bicyclic) bond motifs is 2. The second kappa shape index (κ2) is 13.2. The molecule has 2 aliphatic heterocycles. The number of rotatable bonds is 6. The van der Waals surface area contributed by atoms with Gasteiger partial charge in [-0.1, -0.05) is 56.7 Å². The SMILES string of the molecule is C=C/C=C(\C=C/CCCC)OC.Cc1cc2c(s1)Cc1ccccc1N=C2N1CCNCC1. The van der Waals surface area contributed by atoms with Gasteiger partial charge in [-0.15, -0.1) is 11.3 Å². The topological polar surface area (TPSA) is 36.9 Å². The summed E-state index contributed by atoms with van der Waals surface area (Å²) in [6.45, 7) is 12.1. The summed E-state index contributed by atoms with van der Waals surface area (Å²) in [6, 6.07) is 10.9. The van der Waals surface area contributed by atoms with Crippen LogP contribution in [0.3, 0.4) is 0 Å². The summed E-state index contributed by atoms with van der Waals surface area (Å²) >= 11 is 1.91. The van der Waals surface area contributed by atoms with Gasteiger partial charge < -0.3 is 15.0 Å². The lowest BCUT2D eigenvalue weighted by atomic mass is 10.1. The molecule has 1 aromatic carbocycles. The molecule has 0 radical (unpaired) electrons. The van der Waals surface area contributed by atoms with Crippen molar-refractivity contribution in [3.63, 3.8) is 0 Å². The fraction of sp³-hybridized carbons (Fsp3) is 0.393. The standard InChI is InChI=1S/C17H19N3S.C11H18O/c1-12-10-14-16(21-12)11-13-4-2-3-5-15(13)19-17(14)20-8-6-18-7-9-20;1-4-6-7-8-10-11(12-3)9-5-2/h2-5,10,18H,6-9,11H2,1H3;5,8-10H,2,4,6-7H2,1,3H3/b;10-8-,11-9+. The van der Waals surface area contributed by atoms with Crippen LogP contribution in [0.4, 0.5) is 5.69 Å². The van der Waals surface area contributed by atoms with E-state index in [-0.39, 0.29) is 0 Å². The Hall–Kier alpha value is -2.63. The molecule has 0 aliphatic carbocycles. The average Bonchev–Trinajstić information content (AvgIpc) is 3.13. The number of nitrogens with one attached hydrogen (secondary N) is 1. The Morgan fingerprint density at radius 1 is 1.27 bits per heavy atom. The minimum atomic E-state index is 0.862. The third kappa shape index (κ3) is 7.18. The summed E-state index contributed by atoms with van der Waals surface area (Å²) in [6.07, 6.45) is 12.3. The molecule has 2 aromatic rings. The number of piperazine rings is 1. The molecule has 2 aliphatic rings. The Morgan fingerprint density at radius 3 is 2.79 bits per heavy atom. The minimum absolute atomic E-state index is 0.862. The first kappa shape index (κ1) is 25.0. The van der Waals surface area contributed by atoms with Gasteiger partial charge in [0.15, 0.2) is 0 Å². The number of nitrogens with zero attached hydrogens (tertiary/aromatic N) is 2. The Balaban J connectivity index is 0.000000221. The molecule has 0 atom stereocenters. The summed E-state index contributed by atoms with van der Waals surface area (Å²) in [5.74, 6) is 2.03. The van der Waals surface area contributed by atoms with E-state index in [1.807, 2.05) is 23.5 Å². The molecule has 33 heavy (non-hydrogen) atoms. The highest BCUT2D eigenvalue weighted by Gasteiger charge is 2.24. The van der Waals surface area contributed by atoms with Crippen molar-refractivity contribution in [2.24, 2.45) is 4.99 Å². The van der Waals surface area contributed by atoms with Gasteiger partial charge in [0.05, 0.1) is 12.8 Å². The van der Waals surface area contributed by atoms with Crippen LogP contribution in [0.15, 0.2) is 72.0 Å². The molecule has 5 heteroatoms. The first-order chi connectivity index (χ1) is 16.2. The number of thiophene rings is 1. The van der Waals surface area contributed by atoms with E-state index >= 15 is 0 Å². The fourth-order valence-electron chi connectivity index (χ4n) is 3.95. The summed E-state index contributed by atoms with van der Waals surface area (Å²) in [4.78, 5) is 10.3. The molecular formula is C28H37N3OS. The van der Waals surface area contributed by atoms with E-state index in [0.717, 1.165) is 50.5 Å². The van der Waals surface area contributed by atoms with Gasteiger partial charge in [-0.3, -0.25) is 0 Å². The van der Waals surface area contributed by atoms with Gasteiger partial charge in [-0.05, 0) is 43.2 Å². The van der Waals surface area contributed by atoms with Crippen molar-refractivity contribution in [2.45, 2.75) is 39.5 Å². The molecule has 176 valence electrons. The summed E-state index contributed by atoms with van der Waals surface area (Å²) < 4.78 is 5.07. The lowest BCUT2D eigenvalue weighted by molar-refractivity contribution is 0.307. The summed E-state index contributed by atoms with van der Waals surface area (Å²) in [7, 11) is 1.67. The van der Waals surface area contributed by atoms with Crippen LogP contribution < -0.4 is 5.32 Å². The van der Waals surface area contributed by atoms with Gasteiger partial charge in [-0.2, -0.15) is 0 Å². The molecule has 3 heterocycles. The van der Waals surface area contributed by atoms with E-state index < -0.39 is 0 Å². The van der Waals surface area contributed by atoms with Crippen LogP contribution in [-0.2, 0) is 11.2 Å². The number of hydrogen-bond acceptors (Lipinski definition) is 5. The number of aryl methyl sites for hydroxylation is 1.